The molecule has 0 radical (unpaired) electrons. The molecular formula is C27H26O20. The second-order valence-electron chi connectivity index (χ2n) is 10.3. The summed E-state index contributed by atoms with van der Waals surface area (Å²) in [7, 11) is 0. The number of carbonyl (C=O) groups is 5. The Morgan fingerprint density at radius 3 is 1.98 bits per heavy atom. The van der Waals surface area contributed by atoms with Crippen molar-refractivity contribution in [3.8, 4) is 34.5 Å². The van der Waals surface area contributed by atoms with E-state index in [1.165, 1.54) is 0 Å². The molecule has 254 valence electrons. The molecule has 2 aromatic rings. The van der Waals surface area contributed by atoms with Gasteiger partial charge in [0.25, 0.3) is 0 Å². The molecule has 8 atom stereocenters. The van der Waals surface area contributed by atoms with E-state index in [4.69, 9.17) is 18.9 Å². The fourth-order valence-electron chi connectivity index (χ4n) is 5.14. The molecule has 20 nitrogen and oxygen atoms in total. The zero-order chi connectivity index (χ0) is 35.1. The quantitative estimate of drug-likeness (QED) is 0.0774. The number of phenols is 6. The Bertz CT molecular complexity index is 1590. The molecule has 11 N–H and O–H groups in total. The van der Waals surface area contributed by atoms with Crippen molar-refractivity contribution in [1.29, 1.82) is 0 Å². The molecule has 2 aliphatic heterocycles. The Kier molecular flexibility index (Phi) is 9.52. The van der Waals surface area contributed by atoms with Crippen molar-refractivity contribution in [3.63, 3.8) is 0 Å². The molecule has 0 aliphatic carbocycles. The fourth-order valence-corrected chi connectivity index (χ4v) is 5.14. The van der Waals surface area contributed by atoms with Crippen LogP contribution < -0.4 is 0 Å². The molecule has 0 aromatic heterocycles. The normalized spacial score (nSPS) is 25.9. The second-order valence-corrected chi connectivity index (χ2v) is 10.3. The van der Waals surface area contributed by atoms with Gasteiger partial charge in [0, 0.05) is 5.56 Å². The maximum Gasteiger partial charge on any atom is 0.345 e. The SMILES string of the molecule is O=C(O)C[C@H](C(=O)O[C@H]1[C@H](O)[C@@H](O)[C@H](OC(=O)c2cc(O)c(O)c(O)c2)O[C@@H]1CO)[C@H]1c2c(cc(O)c(O)c2O)C(=O)O[C@@H]1C(=O)O. The molecule has 20 heteroatoms. The van der Waals surface area contributed by atoms with Crippen LogP contribution in [-0.4, -0.2) is 129 Å². The summed E-state index contributed by atoms with van der Waals surface area (Å²) in [6.45, 7) is -1.12. The summed E-state index contributed by atoms with van der Waals surface area (Å²) in [6, 6.07) is 1.91. The number of aliphatic carboxylic acids is 2. The first kappa shape index (κ1) is 34.3. The molecule has 0 spiro atoms. The van der Waals surface area contributed by atoms with E-state index >= 15 is 0 Å². The van der Waals surface area contributed by atoms with Crippen LogP contribution in [0.2, 0.25) is 0 Å². The van der Waals surface area contributed by atoms with Crippen molar-refractivity contribution >= 4 is 29.8 Å². The lowest BCUT2D eigenvalue weighted by atomic mass is 9.76. The summed E-state index contributed by atoms with van der Waals surface area (Å²) in [5.74, 6) is -18.9. The number of esters is 3. The number of aliphatic hydroxyl groups is 3. The molecule has 0 amide bonds. The molecule has 4 rings (SSSR count). The smallest absolute Gasteiger partial charge is 0.345 e. The van der Waals surface area contributed by atoms with Crippen LogP contribution in [0, 0.1) is 5.92 Å². The molecule has 1 saturated heterocycles. The van der Waals surface area contributed by atoms with E-state index in [0.717, 1.165) is 0 Å². The Balaban J connectivity index is 1.65. The Hall–Kier alpha value is -5.57. The van der Waals surface area contributed by atoms with Crippen molar-refractivity contribution in [2.45, 2.75) is 49.1 Å². The number of hydrogen-bond donors (Lipinski definition) is 11. The van der Waals surface area contributed by atoms with Gasteiger partial charge < -0.3 is 75.1 Å². The summed E-state index contributed by atoms with van der Waals surface area (Å²) < 4.78 is 20.2. The third-order valence-corrected chi connectivity index (χ3v) is 7.38. The van der Waals surface area contributed by atoms with Gasteiger partial charge in [-0.2, -0.15) is 0 Å². The van der Waals surface area contributed by atoms with Gasteiger partial charge in [-0.25, -0.2) is 14.4 Å². The van der Waals surface area contributed by atoms with Crippen molar-refractivity contribution in [1.82, 2.24) is 0 Å². The molecule has 2 aromatic carbocycles. The number of hydrogen-bond acceptors (Lipinski definition) is 18. The first-order valence-corrected chi connectivity index (χ1v) is 13.2. The highest BCUT2D eigenvalue weighted by Crippen LogP contribution is 2.50. The van der Waals surface area contributed by atoms with Crippen molar-refractivity contribution in [3.05, 3.63) is 34.9 Å². The Morgan fingerprint density at radius 2 is 1.43 bits per heavy atom. The van der Waals surface area contributed by atoms with Crippen LogP contribution in [0.5, 0.6) is 34.5 Å². The zero-order valence-corrected chi connectivity index (χ0v) is 23.4. The first-order chi connectivity index (χ1) is 22.0. The van der Waals surface area contributed by atoms with Crippen LogP contribution in [-0.2, 0) is 33.3 Å². The minimum absolute atomic E-state index is 0.570. The van der Waals surface area contributed by atoms with Gasteiger partial charge in [-0.1, -0.05) is 0 Å². The average molecular weight is 670 g/mol. The summed E-state index contributed by atoms with van der Waals surface area (Å²) >= 11 is 0. The molecule has 2 heterocycles. The lowest BCUT2D eigenvalue weighted by molar-refractivity contribution is -0.289. The van der Waals surface area contributed by atoms with Crippen molar-refractivity contribution in [2.24, 2.45) is 5.92 Å². The lowest BCUT2D eigenvalue weighted by Gasteiger charge is -2.42. The number of aliphatic hydroxyl groups excluding tert-OH is 3. The standard InChI is InChI=1S/C27H26O20/c28-5-12-21(19(37)20(38)27(44-12)47-24(41)6-1-9(29)16(34)10(30)2-6)45-26(43)8(4-13(32)33)15-14-7(3-11(31)17(35)18(14)36)25(42)46-22(15)23(39)40/h1-3,8,12,15,19-22,27-31,34-38H,4-5H2,(H,32,33)(H,39,40)/t8-,12+,15-,19+,20+,21+,22-,27-/m0/s1. The molecule has 0 bridgehead atoms. The van der Waals surface area contributed by atoms with Gasteiger partial charge in [0.15, 0.2) is 34.9 Å². The van der Waals surface area contributed by atoms with Gasteiger partial charge in [-0.05, 0) is 18.2 Å². The van der Waals surface area contributed by atoms with Gasteiger partial charge in [0.2, 0.25) is 18.1 Å². The highest BCUT2D eigenvalue weighted by Gasteiger charge is 2.53. The predicted molar refractivity (Wildman–Crippen MR) is 141 cm³/mol. The minimum atomic E-state index is -2.38. The van der Waals surface area contributed by atoms with Gasteiger partial charge >= 0.3 is 29.8 Å². The Morgan fingerprint density at radius 1 is 0.830 bits per heavy atom. The van der Waals surface area contributed by atoms with Crippen molar-refractivity contribution < 1.29 is 99.1 Å². The molecular weight excluding hydrogens is 644 g/mol. The van der Waals surface area contributed by atoms with E-state index in [0.29, 0.717) is 18.2 Å². The number of carboxylic acids is 2. The third kappa shape index (κ3) is 6.42. The van der Waals surface area contributed by atoms with Gasteiger partial charge in [0.05, 0.1) is 36.0 Å². The summed E-state index contributed by atoms with van der Waals surface area (Å²) in [6.07, 6.45) is -14.2. The number of carboxylic acid groups (broad SMARTS) is 2. The number of rotatable bonds is 9. The molecule has 2 aliphatic rings. The lowest BCUT2D eigenvalue weighted by Crippen LogP contribution is -2.61. The monoisotopic (exact) mass is 670 g/mol. The highest BCUT2D eigenvalue weighted by atomic mass is 16.7. The summed E-state index contributed by atoms with van der Waals surface area (Å²) in [5.41, 5.74) is -2.12. The zero-order valence-electron chi connectivity index (χ0n) is 23.4. The van der Waals surface area contributed by atoms with Gasteiger partial charge in [-0.3, -0.25) is 9.59 Å². The Labute approximate surface area is 260 Å². The molecule has 47 heavy (non-hydrogen) atoms. The number of phenolic OH excluding ortho intramolecular Hbond substituents is 6. The molecule has 0 unspecified atom stereocenters. The average Bonchev–Trinajstić information content (AvgIpc) is 3.00. The van der Waals surface area contributed by atoms with E-state index in [9.17, 15) is 80.1 Å². The molecule has 0 saturated carbocycles. The number of ether oxygens (including phenoxy) is 4. The fraction of sp³-hybridized carbons (Fsp3) is 0.370. The number of fused-ring (bicyclic) bond motifs is 1. The van der Waals surface area contributed by atoms with E-state index in [2.05, 4.69) is 0 Å². The topological polar surface area (TPSA) is 345 Å². The minimum Gasteiger partial charge on any atom is -0.504 e. The summed E-state index contributed by atoms with van der Waals surface area (Å²) in [5, 5.41) is 110. The predicted octanol–water partition coefficient (Wildman–Crippen LogP) is -2.07. The second kappa shape index (κ2) is 13.0. The number of carbonyl (C=O) groups excluding carboxylic acids is 3. The van der Waals surface area contributed by atoms with Crippen LogP contribution in [0.15, 0.2) is 18.2 Å². The number of cyclic esters (lactones) is 1. The largest absolute Gasteiger partial charge is 0.504 e. The highest BCUT2D eigenvalue weighted by molar-refractivity contribution is 5.98. The van der Waals surface area contributed by atoms with E-state index in [-0.39, 0.29) is 0 Å². The van der Waals surface area contributed by atoms with Gasteiger partial charge in [0.1, 0.15) is 18.3 Å². The van der Waals surface area contributed by atoms with E-state index in [1.54, 1.807) is 0 Å². The first-order valence-electron chi connectivity index (χ1n) is 13.2. The van der Waals surface area contributed by atoms with E-state index < -0.39 is 143 Å². The van der Waals surface area contributed by atoms with Crippen LogP contribution in [0.3, 0.4) is 0 Å². The maximum atomic E-state index is 13.5. The van der Waals surface area contributed by atoms with Crippen LogP contribution in [0.25, 0.3) is 0 Å². The maximum absolute atomic E-state index is 13.5. The van der Waals surface area contributed by atoms with Gasteiger partial charge in [-0.15, -0.1) is 0 Å². The van der Waals surface area contributed by atoms with E-state index in [1.807, 2.05) is 0 Å². The molecule has 1 fully saturated rings. The number of benzene rings is 2. The summed E-state index contributed by atoms with van der Waals surface area (Å²) in [4.78, 5) is 62.5. The van der Waals surface area contributed by atoms with Crippen LogP contribution in [0.1, 0.15) is 38.6 Å². The van der Waals surface area contributed by atoms with Crippen LogP contribution in [0.4, 0.5) is 0 Å². The number of aromatic hydroxyl groups is 6. The van der Waals surface area contributed by atoms with Crippen molar-refractivity contribution in [2.75, 3.05) is 6.61 Å². The third-order valence-electron chi connectivity index (χ3n) is 7.38. The van der Waals surface area contributed by atoms with Crippen LogP contribution >= 0.6 is 0 Å².